The molecule has 6 heteroatoms. The largest absolute Gasteiger partial charge is 0.317 e. The van der Waals surface area contributed by atoms with Crippen molar-refractivity contribution in [1.29, 1.82) is 0 Å². The van der Waals surface area contributed by atoms with Gasteiger partial charge in [-0.05, 0) is 25.8 Å². The molecule has 2 fully saturated rings. The summed E-state index contributed by atoms with van der Waals surface area (Å²) in [6, 6.07) is 0.406. The number of hydrogen-bond donors (Lipinski definition) is 2. The molecule has 3 N–H and O–H groups in total. The summed E-state index contributed by atoms with van der Waals surface area (Å²) in [6.45, 7) is 2.23. The smallest absolute Gasteiger partial charge is 0.195 e. The molecule has 0 radical (unpaired) electrons. The molecule has 0 aromatic carbocycles. The maximum atomic E-state index is 6.45. The van der Waals surface area contributed by atoms with E-state index in [2.05, 4.69) is 25.5 Å². The van der Waals surface area contributed by atoms with E-state index in [4.69, 9.17) is 5.73 Å². The average Bonchev–Trinajstić information content (AvgIpc) is 2.88. The molecule has 0 saturated carbocycles. The van der Waals surface area contributed by atoms with Crippen molar-refractivity contribution in [2.75, 3.05) is 13.1 Å². The molecular weight excluding hydrogens is 192 g/mol. The second kappa shape index (κ2) is 3.24. The number of aromatic amines is 1. The Labute approximate surface area is 88.2 Å². The van der Waals surface area contributed by atoms with Gasteiger partial charge in [0.15, 0.2) is 5.82 Å². The number of aromatic nitrogens is 4. The van der Waals surface area contributed by atoms with Gasteiger partial charge in [0.2, 0.25) is 0 Å². The minimum absolute atomic E-state index is 0.382. The molecule has 3 heterocycles. The van der Waals surface area contributed by atoms with Crippen LogP contribution in [-0.2, 0) is 5.54 Å². The predicted molar refractivity (Wildman–Crippen MR) is 53.9 cm³/mol. The number of piperidine rings is 1. The van der Waals surface area contributed by atoms with E-state index in [1.807, 2.05) is 0 Å². The molecule has 0 aliphatic carbocycles. The summed E-state index contributed by atoms with van der Waals surface area (Å²) >= 11 is 0. The molecular formula is C9H16N6. The Morgan fingerprint density at radius 2 is 2.33 bits per heavy atom. The minimum Gasteiger partial charge on any atom is -0.317 e. The molecule has 0 amide bonds. The molecule has 3 rings (SSSR count). The van der Waals surface area contributed by atoms with Gasteiger partial charge in [0.05, 0.1) is 5.54 Å². The van der Waals surface area contributed by atoms with Crippen LogP contribution >= 0.6 is 0 Å². The van der Waals surface area contributed by atoms with Gasteiger partial charge in [-0.2, -0.15) is 5.21 Å². The molecule has 2 saturated heterocycles. The van der Waals surface area contributed by atoms with Crippen LogP contribution in [0.2, 0.25) is 0 Å². The standard InChI is InChI=1S/C9H16N6/c10-9(8-11-13-14-12-8)4-6-15-5-2-1-3-7(9)15/h7H,1-6,10H2,(H,11,12,13,14). The molecule has 1 aromatic rings. The van der Waals surface area contributed by atoms with Crippen LogP contribution in [0.25, 0.3) is 0 Å². The summed E-state index contributed by atoms with van der Waals surface area (Å²) in [6.07, 6.45) is 4.65. The van der Waals surface area contributed by atoms with E-state index in [1.54, 1.807) is 0 Å². The highest BCUT2D eigenvalue weighted by molar-refractivity contribution is 5.13. The minimum atomic E-state index is -0.382. The first-order valence-corrected chi connectivity index (χ1v) is 5.57. The van der Waals surface area contributed by atoms with Crippen LogP contribution in [0.4, 0.5) is 0 Å². The van der Waals surface area contributed by atoms with E-state index < -0.39 is 0 Å². The van der Waals surface area contributed by atoms with Crippen molar-refractivity contribution >= 4 is 0 Å². The van der Waals surface area contributed by atoms with Crippen LogP contribution in [-0.4, -0.2) is 44.7 Å². The quantitative estimate of drug-likeness (QED) is 0.656. The fourth-order valence-corrected chi connectivity index (χ4v) is 2.96. The lowest BCUT2D eigenvalue weighted by molar-refractivity contribution is 0.153. The van der Waals surface area contributed by atoms with E-state index in [1.165, 1.54) is 19.4 Å². The first-order valence-electron chi connectivity index (χ1n) is 5.57. The Hall–Kier alpha value is -1.01. The van der Waals surface area contributed by atoms with Crippen molar-refractivity contribution < 1.29 is 0 Å². The van der Waals surface area contributed by atoms with Gasteiger partial charge in [0.25, 0.3) is 0 Å². The third kappa shape index (κ3) is 1.28. The van der Waals surface area contributed by atoms with Crippen LogP contribution in [0.1, 0.15) is 31.5 Å². The Bertz CT molecular complexity index is 336. The van der Waals surface area contributed by atoms with E-state index in [9.17, 15) is 0 Å². The van der Waals surface area contributed by atoms with Gasteiger partial charge in [0.1, 0.15) is 0 Å². The van der Waals surface area contributed by atoms with Gasteiger partial charge < -0.3 is 5.73 Å². The number of nitrogens with one attached hydrogen (secondary N) is 1. The molecule has 82 valence electrons. The van der Waals surface area contributed by atoms with Crippen LogP contribution in [0, 0.1) is 0 Å². The summed E-state index contributed by atoms with van der Waals surface area (Å²) in [7, 11) is 0. The highest BCUT2D eigenvalue weighted by Crippen LogP contribution is 2.38. The fraction of sp³-hybridized carbons (Fsp3) is 0.889. The van der Waals surface area contributed by atoms with Gasteiger partial charge in [0, 0.05) is 12.6 Å². The van der Waals surface area contributed by atoms with Crippen LogP contribution < -0.4 is 5.73 Å². The Kier molecular flexibility index (Phi) is 2.00. The Morgan fingerprint density at radius 1 is 1.40 bits per heavy atom. The number of tetrazole rings is 1. The van der Waals surface area contributed by atoms with Crippen LogP contribution in [0.3, 0.4) is 0 Å². The molecule has 2 atom stereocenters. The monoisotopic (exact) mass is 208 g/mol. The van der Waals surface area contributed by atoms with Crippen molar-refractivity contribution in [1.82, 2.24) is 25.5 Å². The Morgan fingerprint density at radius 3 is 3.13 bits per heavy atom. The number of hydrogen-bond acceptors (Lipinski definition) is 5. The summed E-state index contributed by atoms with van der Waals surface area (Å²) in [4.78, 5) is 2.47. The highest BCUT2D eigenvalue weighted by atomic mass is 15.5. The summed E-state index contributed by atoms with van der Waals surface area (Å²) in [5, 5.41) is 14.2. The van der Waals surface area contributed by atoms with Crippen LogP contribution in [0.15, 0.2) is 0 Å². The summed E-state index contributed by atoms with van der Waals surface area (Å²) in [5.41, 5.74) is 6.07. The third-order valence-electron chi connectivity index (χ3n) is 3.78. The topological polar surface area (TPSA) is 83.7 Å². The first-order chi connectivity index (χ1) is 7.31. The SMILES string of the molecule is NC1(c2nn[nH]n2)CCN2CCCCC21. The fourth-order valence-electron chi connectivity index (χ4n) is 2.96. The number of nitrogens with two attached hydrogens (primary N) is 1. The average molecular weight is 208 g/mol. The van der Waals surface area contributed by atoms with Gasteiger partial charge >= 0.3 is 0 Å². The maximum Gasteiger partial charge on any atom is 0.195 e. The van der Waals surface area contributed by atoms with E-state index in [0.717, 1.165) is 19.4 Å². The number of H-pyrrole nitrogens is 1. The van der Waals surface area contributed by atoms with Crippen molar-refractivity contribution in [3.05, 3.63) is 5.82 Å². The van der Waals surface area contributed by atoms with Crippen LogP contribution in [0.5, 0.6) is 0 Å². The lowest BCUT2D eigenvalue weighted by Crippen LogP contribution is -2.51. The lowest BCUT2D eigenvalue weighted by atomic mass is 9.86. The molecule has 0 bridgehead atoms. The second-order valence-electron chi connectivity index (χ2n) is 4.57. The van der Waals surface area contributed by atoms with E-state index in [-0.39, 0.29) is 5.54 Å². The predicted octanol–water partition coefficient (Wildman–Crippen LogP) is -0.388. The molecule has 2 aliphatic rings. The Balaban J connectivity index is 1.92. The second-order valence-corrected chi connectivity index (χ2v) is 4.57. The maximum absolute atomic E-state index is 6.45. The number of rotatable bonds is 1. The first kappa shape index (κ1) is 9.23. The zero-order valence-corrected chi connectivity index (χ0v) is 8.69. The zero-order valence-electron chi connectivity index (χ0n) is 8.69. The summed E-state index contributed by atoms with van der Waals surface area (Å²) < 4.78 is 0. The normalized spacial score (nSPS) is 36.7. The molecule has 2 unspecified atom stereocenters. The molecule has 1 aromatic heterocycles. The van der Waals surface area contributed by atoms with E-state index in [0.29, 0.717) is 11.9 Å². The van der Waals surface area contributed by atoms with Gasteiger partial charge in [-0.1, -0.05) is 11.6 Å². The summed E-state index contributed by atoms with van der Waals surface area (Å²) in [5.74, 6) is 0.678. The van der Waals surface area contributed by atoms with Crippen molar-refractivity contribution in [2.45, 2.75) is 37.3 Å². The molecule has 0 spiro atoms. The molecule has 2 aliphatic heterocycles. The van der Waals surface area contributed by atoms with Gasteiger partial charge in [-0.25, -0.2) is 0 Å². The van der Waals surface area contributed by atoms with Gasteiger partial charge in [-0.15, -0.1) is 10.2 Å². The van der Waals surface area contributed by atoms with E-state index >= 15 is 0 Å². The van der Waals surface area contributed by atoms with Crippen molar-refractivity contribution in [3.8, 4) is 0 Å². The number of fused-ring (bicyclic) bond motifs is 1. The van der Waals surface area contributed by atoms with Gasteiger partial charge in [-0.3, -0.25) is 4.90 Å². The van der Waals surface area contributed by atoms with Crippen molar-refractivity contribution in [3.63, 3.8) is 0 Å². The molecule has 15 heavy (non-hydrogen) atoms. The van der Waals surface area contributed by atoms with Crippen molar-refractivity contribution in [2.24, 2.45) is 5.73 Å². The molecule has 6 nitrogen and oxygen atoms in total. The number of nitrogens with zero attached hydrogens (tertiary/aromatic N) is 4. The highest BCUT2D eigenvalue weighted by Gasteiger charge is 2.48. The lowest BCUT2D eigenvalue weighted by Gasteiger charge is -2.36. The zero-order chi connectivity index (χ0) is 10.3. The third-order valence-corrected chi connectivity index (χ3v) is 3.78.